The van der Waals surface area contributed by atoms with Crippen molar-refractivity contribution in [2.24, 2.45) is 0 Å². The Labute approximate surface area is 98.9 Å². The number of ether oxygens (including phenoxy) is 3. The minimum atomic E-state index is -0.879. The van der Waals surface area contributed by atoms with Gasteiger partial charge in [-0.1, -0.05) is 30.3 Å². The minimum absolute atomic E-state index is 0.289. The summed E-state index contributed by atoms with van der Waals surface area (Å²) in [5.41, 5.74) is 0.803. The molecule has 1 aliphatic rings. The van der Waals surface area contributed by atoms with Crippen LogP contribution in [0.3, 0.4) is 0 Å². The van der Waals surface area contributed by atoms with Crippen molar-refractivity contribution in [3.05, 3.63) is 35.9 Å². The maximum Gasteiger partial charge on any atom is 0.337 e. The number of methoxy groups -OCH3 is 1. The molecule has 1 saturated heterocycles. The largest absolute Gasteiger partial charge is 0.467 e. The molecule has 2 rings (SSSR count). The number of benzene rings is 1. The van der Waals surface area contributed by atoms with Gasteiger partial charge in [0, 0.05) is 5.56 Å². The molecule has 1 unspecified atom stereocenters. The van der Waals surface area contributed by atoms with Crippen LogP contribution in [0.5, 0.6) is 0 Å². The highest BCUT2D eigenvalue weighted by Crippen LogP contribution is 2.31. The van der Waals surface area contributed by atoms with Gasteiger partial charge in [0.15, 0.2) is 12.4 Å². The Morgan fingerprint density at radius 1 is 1.35 bits per heavy atom. The van der Waals surface area contributed by atoms with E-state index in [1.807, 2.05) is 30.3 Å². The molecule has 1 heterocycles. The van der Waals surface area contributed by atoms with Crippen molar-refractivity contribution in [3.63, 3.8) is 0 Å². The van der Waals surface area contributed by atoms with Gasteiger partial charge >= 0.3 is 5.97 Å². The second-order valence-corrected chi connectivity index (χ2v) is 3.68. The lowest BCUT2D eigenvalue weighted by atomic mass is 10.2. The topological polar surface area (TPSA) is 65.0 Å². The van der Waals surface area contributed by atoms with E-state index in [0.717, 1.165) is 5.56 Å². The van der Waals surface area contributed by atoms with Crippen molar-refractivity contribution in [2.45, 2.75) is 18.5 Å². The molecule has 0 bridgehead atoms. The number of rotatable bonds is 3. The number of hydrogen-bond donors (Lipinski definition) is 1. The Kier molecular flexibility index (Phi) is 3.73. The molecule has 3 atom stereocenters. The molecule has 0 aromatic heterocycles. The van der Waals surface area contributed by atoms with Crippen LogP contribution in [0.4, 0.5) is 0 Å². The minimum Gasteiger partial charge on any atom is -0.467 e. The summed E-state index contributed by atoms with van der Waals surface area (Å²) >= 11 is 0. The number of carbonyl (C=O) groups excluding carboxylic acids is 1. The first kappa shape index (κ1) is 12.0. The first-order valence-corrected chi connectivity index (χ1v) is 5.31. The van der Waals surface area contributed by atoms with Gasteiger partial charge < -0.3 is 19.3 Å². The molecule has 0 spiro atoms. The second kappa shape index (κ2) is 5.27. The molecule has 0 aliphatic carbocycles. The van der Waals surface area contributed by atoms with Gasteiger partial charge in [-0.2, -0.15) is 0 Å². The summed E-state index contributed by atoms with van der Waals surface area (Å²) in [7, 11) is 1.27. The third-order valence-electron chi connectivity index (χ3n) is 2.59. The molecule has 0 saturated carbocycles. The van der Waals surface area contributed by atoms with Crippen LogP contribution in [-0.2, 0) is 19.0 Å². The van der Waals surface area contributed by atoms with Gasteiger partial charge in [0.05, 0.1) is 13.7 Å². The normalized spacial score (nSPS) is 28.0. The fourth-order valence-corrected chi connectivity index (χ4v) is 1.71. The number of aliphatic hydroxyl groups is 1. The van der Waals surface area contributed by atoms with E-state index >= 15 is 0 Å². The summed E-state index contributed by atoms with van der Waals surface area (Å²) in [6, 6.07) is 9.24. The maximum atomic E-state index is 11.4. The monoisotopic (exact) mass is 238 g/mol. The number of carbonyl (C=O) groups is 1. The number of hydrogen-bond acceptors (Lipinski definition) is 5. The second-order valence-electron chi connectivity index (χ2n) is 3.68. The predicted octanol–water partition coefficient (Wildman–Crippen LogP) is 0.634. The summed E-state index contributed by atoms with van der Waals surface area (Å²) in [5, 5.41) is 9.13. The van der Waals surface area contributed by atoms with Crippen molar-refractivity contribution in [3.8, 4) is 0 Å². The van der Waals surface area contributed by atoms with Crippen LogP contribution < -0.4 is 0 Å². The van der Waals surface area contributed by atoms with Gasteiger partial charge in [-0.05, 0) is 0 Å². The van der Waals surface area contributed by atoms with E-state index < -0.39 is 24.5 Å². The van der Waals surface area contributed by atoms with E-state index in [-0.39, 0.29) is 6.61 Å². The summed E-state index contributed by atoms with van der Waals surface area (Å²) in [6.45, 7) is -0.289. The zero-order valence-corrected chi connectivity index (χ0v) is 9.41. The summed E-state index contributed by atoms with van der Waals surface area (Å²) in [4.78, 5) is 11.4. The van der Waals surface area contributed by atoms with E-state index in [1.165, 1.54) is 7.11 Å². The molecular weight excluding hydrogens is 224 g/mol. The third kappa shape index (κ3) is 2.46. The highest BCUT2D eigenvalue weighted by molar-refractivity contribution is 5.75. The highest BCUT2D eigenvalue weighted by Gasteiger charge is 2.41. The van der Waals surface area contributed by atoms with E-state index in [1.54, 1.807) is 0 Å². The van der Waals surface area contributed by atoms with Crippen LogP contribution in [0.25, 0.3) is 0 Å². The Morgan fingerprint density at radius 2 is 2.06 bits per heavy atom. The lowest BCUT2D eigenvalue weighted by Gasteiger charge is -2.10. The molecule has 1 aliphatic heterocycles. The molecule has 0 amide bonds. The Hall–Kier alpha value is -1.43. The van der Waals surface area contributed by atoms with E-state index in [0.29, 0.717) is 0 Å². The van der Waals surface area contributed by atoms with Crippen LogP contribution in [0.1, 0.15) is 11.9 Å². The summed E-state index contributed by atoms with van der Waals surface area (Å²) in [5.74, 6) is -0.539. The molecular formula is C12H14O5. The van der Waals surface area contributed by atoms with Crippen LogP contribution >= 0.6 is 0 Å². The summed E-state index contributed by atoms with van der Waals surface area (Å²) < 4.78 is 15.5. The van der Waals surface area contributed by atoms with Crippen molar-refractivity contribution in [1.82, 2.24) is 0 Å². The van der Waals surface area contributed by atoms with Crippen molar-refractivity contribution >= 4 is 5.97 Å². The van der Waals surface area contributed by atoms with E-state index in [9.17, 15) is 4.79 Å². The van der Waals surface area contributed by atoms with Crippen molar-refractivity contribution in [2.75, 3.05) is 13.7 Å². The van der Waals surface area contributed by atoms with Crippen LogP contribution in [0.15, 0.2) is 30.3 Å². The molecule has 92 valence electrons. The molecule has 1 aromatic carbocycles. The van der Waals surface area contributed by atoms with Gasteiger partial charge in [0.2, 0.25) is 0 Å². The third-order valence-corrected chi connectivity index (χ3v) is 2.59. The Balaban J connectivity index is 2.12. The van der Waals surface area contributed by atoms with Gasteiger partial charge in [-0.3, -0.25) is 0 Å². The fraction of sp³-hybridized carbons (Fsp3) is 0.417. The van der Waals surface area contributed by atoms with Crippen LogP contribution in [-0.4, -0.2) is 37.0 Å². The van der Waals surface area contributed by atoms with Crippen LogP contribution in [0, 0.1) is 0 Å². The molecule has 1 fully saturated rings. The fourth-order valence-electron chi connectivity index (χ4n) is 1.71. The standard InChI is InChI=1S/C12H14O5/c1-15-11(14)10-9(7-13)16-12(17-10)8-5-3-2-4-6-8/h2-6,9-10,12-13H,7H2,1H3/t9-,10+,12?/m0/s1. The maximum absolute atomic E-state index is 11.4. The molecule has 5 heteroatoms. The lowest BCUT2D eigenvalue weighted by Crippen LogP contribution is -2.34. The summed E-state index contributed by atoms with van der Waals surface area (Å²) in [6.07, 6.45) is -2.21. The zero-order valence-electron chi connectivity index (χ0n) is 9.41. The first-order chi connectivity index (χ1) is 8.26. The molecule has 1 N–H and O–H groups in total. The average molecular weight is 238 g/mol. The van der Waals surface area contributed by atoms with E-state index in [2.05, 4.69) is 4.74 Å². The SMILES string of the molecule is COC(=O)[C@@H]1OC(c2ccccc2)O[C@H]1CO. The van der Waals surface area contributed by atoms with Gasteiger partial charge in [-0.15, -0.1) is 0 Å². The molecule has 1 aromatic rings. The van der Waals surface area contributed by atoms with Crippen molar-refractivity contribution < 1.29 is 24.1 Å². The molecule has 17 heavy (non-hydrogen) atoms. The highest BCUT2D eigenvalue weighted by atomic mass is 16.7. The lowest BCUT2D eigenvalue weighted by molar-refractivity contribution is -0.154. The number of esters is 1. The van der Waals surface area contributed by atoms with Gasteiger partial charge in [0.1, 0.15) is 6.10 Å². The predicted molar refractivity (Wildman–Crippen MR) is 58.0 cm³/mol. The van der Waals surface area contributed by atoms with Crippen LogP contribution in [0.2, 0.25) is 0 Å². The van der Waals surface area contributed by atoms with Gasteiger partial charge in [-0.25, -0.2) is 4.79 Å². The quantitative estimate of drug-likeness (QED) is 0.783. The number of aliphatic hydroxyl groups excluding tert-OH is 1. The molecule has 5 nitrogen and oxygen atoms in total. The first-order valence-electron chi connectivity index (χ1n) is 5.31. The Bertz CT molecular complexity index is 378. The zero-order chi connectivity index (χ0) is 12.3. The van der Waals surface area contributed by atoms with Crippen molar-refractivity contribution in [1.29, 1.82) is 0 Å². The average Bonchev–Trinajstić information content (AvgIpc) is 2.83. The Morgan fingerprint density at radius 3 is 2.65 bits per heavy atom. The van der Waals surface area contributed by atoms with E-state index in [4.69, 9.17) is 14.6 Å². The van der Waals surface area contributed by atoms with Gasteiger partial charge in [0.25, 0.3) is 0 Å². The molecule has 0 radical (unpaired) electrons. The smallest absolute Gasteiger partial charge is 0.337 e.